The maximum absolute atomic E-state index is 11.4. The van der Waals surface area contributed by atoms with E-state index in [-0.39, 0.29) is 5.78 Å². The Labute approximate surface area is 83.0 Å². The topological polar surface area (TPSA) is 30.0 Å². The Hall–Kier alpha value is -0.700. The van der Waals surface area contributed by atoms with Crippen molar-refractivity contribution in [3.05, 3.63) is 16.6 Å². The minimum absolute atomic E-state index is 0.249. The van der Waals surface area contributed by atoms with Crippen LogP contribution in [-0.2, 0) is 0 Å². The van der Waals surface area contributed by atoms with E-state index >= 15 is 0 Å². The second-order valence-corrected chi connectivity index (χ2v) is 3.99. The number of hydrogen-bond donors (Lipinski definition) is 0. The van der Waals surface area contributed by atoms with Gasteiger partial charge >= 0.3 is 0 Å². The maximum atomic E-state index is 11.4. The van der Waals surface area contributed by atoms with E-state index in [1.165, 1.54) is 30.6 Å². The molecule has 0 amide bonds. The minimum atomic E-state index is 0.249. The molecule has 0 saturated carbocycles. The molecule has 0 fully saturated rings. The van der Waals surface area contributed by atoms with E-state index in [2.05, 4.69) is 11.9 Å². The van der Waals surface area contributed by atoms with Crippen LogP contribution in [0.1, 0.15) is 48.7 Å². The third-order valence-electron chi connectivity index (χ3n) is 1.96. The van der Waals surface area contributed by atoms with E-state index in [9.17, 15) is 4.79 Å². The number of carbonyl (C=O) groups is 1. The zero-order valence-corrected chi connectivity index (χ0v) is 8.77. The lowest BCUT2D eigenvalue weighted by molar-refractivity contribution is 0.0983. The molecule has 0 aliphatic carbocycles. The van der Waals surface area contributed by atoms with Crippen molar-refractivity contribution in [3.63, 3.8) is 0 Å². The Kier molecular flexibility index (Phi) is 4.68. The number of nitrogens with zero attached hydrogens (tertiary/aromatic N) is 1. The van der Waals surface area contributed by atoms with Crippen molar-refractivity contribution < 1.29 is 4.79 Å². The molecule has 1 aromatic rings. The summed E-state index contributed by atoms with van der Waals surface area (Å²) in [5.41, 5.74) is 1.71. The van der Waals surface area contributed by atoms with Gasteiger partial charge in [-0.3, -0.25) is 9.78 Å². The van der Waals surface area contributed by atoms with Crippen LogP contribution in [0.15, 0.2) is 11.7 Å². The van der Waals surface area contributed by atoms with Crippen LogP contribution in [0, 0.1) is 0 Å². The number of hydrogen-bond acceptors (Lipinski definition) is 3. The highest BCUT2D eigenvalue weighted by Crippen LogP contribution is 2.12. The molecule has 0 unspecified atom stereocenters. The van der Waals surface area contributed by atoms with Crippen molar-refractivity contribution in [1.82, 2.24) is 4.98 Å². The second-order valence-electron chi connectivity index (χ2n) is 3.10. The summed E-state index contributed by atoms with van der Waals surface area (Å²) in [6, 6.07) is 0. The molecule has 3 heteroatoms. The molecule has 2 nitrogen and oxygen atoms in total. The van der Waals surface area contributed by atoms with Gasteiger partial charge in [-0.15, -0.1) is 11.3 Å². The van der Waals surface area contributed by atoms with Crippen molar-refractivity contribution in [2.75, 3.05) is 0 Å². The maximum Gasteiger partial charge on any atom is 0.174 e. The third kappa shape index (κ3) is 3.68. The predicted octanol–water partition coefficient (Wildman–Crippen LogP) is 3.30. The van der Waals surface area contributed by atoms with Gasteiger partial charge in [0, 0.05) is 12.6 Å². The molecule has 0 aliphatic heterocycles. The summed E-state index contributed by atoms with van der Waals surface area (Å²) in [5, 5.41) is 0. The molecule has 0 saturated heterocycles. The monoisotopic (exact) mass is 197 g/mol. The molecule has 1 heterocycles. The smallest absolute Gasteiger partial charge is 0.174 e. The summed E-state index contributed by atoms with van der Waals surface area (Å²) in [6.07, 6.45) is 6.98. The average molecular weight is 197 g/mol. The van der Waals surface area contributed by atoms with Crippen LogP contribution in [-0.4, -0.2) is 10.8 Å². The fourth-order valence-electron chi connectivity index (χ4n) is 1.19. The molecule has 0 atom stereocenters. The Balaban J connectivity index is 2.19. The van der Waals surface area contributed by atoms with Crippen LogP contribution in [0.3, 0.4) is 0 Å². The summed E-state index contributed by atoms with van der Waals surface area (Å²) >= 11 is 1.43. The third-order valence-corrected chi connectivity index (χ3v) is 2.78. The van der Waals surface area contributed by atoms with Crippen molar-refractivity contribution in [3.8, 4) is 0 Å². The highest BCUT2D eigenvalue weighted by atomic mass is 32.1. The molecule has 72 valence electrons. The van der Waals surface area contributed by atoms with Gasteiger partial charge in [-0.25, -0.2) is 0 Å². The molecular weight excluding hydrogens is 182 g/mol. The van der Waals surface area contributed by atoms with Gasteiger partial charge in [0.1, 0.15) is 0 Å². The first-order valence-electron chi connectivity index (χ1n) is 4.76. The van der Waals surface area contributed by atoms with E-state index < -0.39 is 0 Å². The summed E-state index contributed by atoms with van der Waals surface area (Å²) in [5.74, 6) is 0.249. The van der Waals surface area contributed by atoms with Crippen LogP contribution in [0.5, 0.6) is 0 Å². The lowest BCUT2D eigenvalue weighted by atomic mass is 10.1. The highest BCUT2D eigenvalue weighted by Gasteiger charge is 2.05. The van der Waals surface area contributed by atoms with E-state index in [1.807, 2.05) is 0 Å². The number of ketones is 1. The van der Waals surface area contributed by atoms with Crippen LogP contribution in [0.4, 0.5) is 0 Å². The number of Topliss-reactive ketones (excluding diaryl/α,β-unsaturated/α-hetero) is 1. The Morgan fingerprint density at radius 2 is 2.31 bits per heavy atom. The van der Waals surface area contributed by atoms with Crippen LogP contribution >= 0.6 is 11.3 Å². The van der Waals surface area contributed by atoms with Gasteiger partial charge in [-0.2, -0.15) is 0 Å². The number of thiazole rings is 1. The quantitative estimate of drug-likeness (QED) is 0.517. The standard InChI is InChI=1S/C10H15NOS/c1-2-3-4-5-6-9(12)10-7-11-8-13-10/h7-8H,2-6H2,1H3. The van der Waals surface area contributed by atoms with Crippen molar-refractivity contribution in [2.24, 2.45) is 0 Å². The van der Waals surface area contributed by atoms with Crippen molar-refractivity contribution in [1.29, 1.82) is 0 Å². The summed E-state index contributed by atoms with van der Waals surface area (Å²) in [4.78, 5) is 16.1. The lowest BCUT2D eigenvalue weighted by Gasteiger charge is -1.96. The first-order chi connectivity index (χ1) is 6.34. The van der Waals surface area contributed by atoms with Gasteiger partial charge in [0.2, 0.25) is 0 Å². The van der Waals surface area contributed by atoms with Gasteiger partial charge in [-0.05, 0) is 6.42 Å². The van der Waals surface area contributed by atoms with Crippen molar-refractivity contribution >= 4 is 17.1 Å². The number of carbonyl (C=O) groups excluding carboxylic acids is 1. The Morgan fingerprint density at radius 1 is 1.46 bits per heavy atom. The normalized spacial score (nSPS) is 10.2. The highest BCUT2D eigenvalue weighted by molar-refractivity contribution is 7.11. The fourth-order valence-corrected chi connectivity index (χ4v) is 1.78. The summed E-state index contributed by atoms with van der Waals surface area (Å²) < 4.78 is 0. The molecular formula is C10H15NOS. The Morgan fingerprint density at radius 3 is 2.92 bits per heavy atom. The molecule has 0 bridgehead atoms. The first-order valence-corrected chi connectivity index (χ1v) is 5.64. The average Bonchev–Trinajstić information content (AvgIpc) is 2.65. The summed E-state index contributed by atoms with van der Waals surface area (Å²) in [7, 11) is 0. The largest absolute Gasteiger partial charge is 0.293 e. The molecule has 13 heavy (non-hydrogen) atoms. The van der Waals surface area contributed by atoms with Gasteiger partial charge in [0.25, 0.3) is 0 Å². The molecule has 1 rings (SSSR count). The number of rotatable bonds is 6. The zero-order valence-electron chi connectivity index (χ0n) is 7.95. The summed E-state index contributed by atoms with van der Waals surface area (Å²) in [6.45, 7) is 2.17. The van der Waals surface area contributed by atoms with E-state index in [1.54, 1.807) is 11.7 Å². The molecule has 1 aromatic heterocycles. The molecule has 0 aliphatic rings. The molecule has 0 spiro atoms. The fraction of sp³-hybridized carbons (Fsp3) is 0.600. The first kappa shape index (κ1) is 10.4. The van der Waals surface area contributed by atoms with E-state index in [0.29, 0.717) is 6.42 Å². The zero-order chi connectivity index (χ0) is 9.52. The van der Waals surface area contributed by atoms with Crippen molar-refractivity contribution in [2.45, 2.75) is 39.0 Å². The van der Waals surface area contributed by atoms with Gasteiger partial charge in [0.05, 0.1) is 10.4 Å². The number of aromatic nitrogens is 1. The van der Waals surface area contributed by atoms with Gasteiger partial charge < -0.3 is 0 Å². The van der Waals surface area contributed by atoms with Crippen LogP contribution in [0.2, 0.25) is 0 Å². The minimum Gasteiger partial charge on any atom is -0.293 e. The molecule has 0 aromatic carbocycles. The predicted molar refractivity (Wildman–Crippen MR) is 55.2 cm³/mol. The molecule has 0 radical (unpaired) electrons. The second kappa shape index (κ2) is 5.86. The lowest BCUT2D eigenvalue weighted by Crippen LogP contribution is -1.95. The molecule has 0 N–H and O–H groups in total. The Bertz CT molecular complexity index is 243. The van der Waals surface area contributed by atoms with E-state index in [0.717, 1.165) is 11.3 Å². The van der Waals surface area contributed by atoms with Gasteiger partial charge in [0.15, 0.2) is 5.78 Å². The van der Waals surface area contributed by atoms with Crippen LogP contribution in [0.25, 0.3) is 0 Å². The van der Waals surface area contributed by atoms with Gasteiger partial charge in [-0.1, -0.05) is 26.2 Å². The van der Waals surface area contributed by atoms with E-state index in [4.69, 9.17) is 0 Å². The number of unbranched alkanes of at least 4 members (excludes halogenated alkanes) is 3. The SMILES string of the molecule is CCCCCCC(=O)c1cncs1. The van der Waals surface area contributed by atoms with Crippen LogP contribution < -0.4 is 0 Å².